The fourth-order valence-electron chi connectivity index (χ4n) is 1.64. The summed E-state index contributed by atoms with van der Waals surface area (Å²) in [6.07, 6.45) is 0.526. The van der Waals surface area contributed by atoms with E-state index in [-0.39, 0.29) is 0 Å². The van der Waals surface area contributed by atoms with Gasteiger partial charge in [-0.15, -0.1) is 0 Å². The van der Waals surface area contributed by atoms with Gasteiger partial charge in [-0.05, 0) is 25.6 Å². The third-order valence-electron chi connectivity index (χ3n) is 2.64. The maximum Gasteiger partial charge on any atom is 0.126 e. The lowest BCUT2D eigenvalue weighted by atomic mass is 10.3. The number of nitriles is 1. The number of rotatable bonds is 7. The molecule has 1 aromatic heterocycles. The van der Waals surface area contributed by atoms with Crippen LogP contribution in [0.25, 0.3) is 0 Å². The first-order chi connectivity index (χ1) is 8.71. The van der Waals surface area contributed by atoms with Crippen LogP contribution in [0.1, 0.15) is 26.0 Å². The van der Waals surface area contributed by atoms with Crippen molar-refractivity contribution in [2.75, 3.05) is 25.0 Å². The molecule has 0 radical (unpaired) electrons. The van der Waals surface area contributed by atoms with E-state index in [1.165, 1.54) is 0 Å². The monoisotopic (exact) mass is 266 g/mol. The van der Waals surface area contributed by atoms with Crippen molar-refractivity contribution in [3.63, 3.8) is 0 Å². The van der Waals surface area contributed by atoms with Crippen molar-refractivity contribution in [3.05, 3.63) is 22.8 Å². The largest absolute Gasteiger partial charge is 0.370 e. The highest BCUT2D eigenvalue weighted by atomic mass is 35.5. The molecule has 18 heavy (non-hydrogen) atoms. The minimum atomic E-state index is 0.526. The average molecular weight is 267 g/mol. The molecule has 0 aliphatic carbocycles. The normalized spacial score (nSPS) is 10.4. The molecule has 1 aromatic rings. The maximum atomic E-state index is 8.62. The Bertz CT molecular complexity index is 414. The molecule has 98 valence electrons. The maximum absolute atomic E-state index is 8.62. The van der Waals surface area contributed by atoms with Crippen molar-refractivity contribution in [3.8, 4) is 6.07 Å². The molecule has 1 heterocycles. The van der Waals surface area contributed by atoms with Crippen LogP contribution in [-0.2, 0) is 6.54 Å². The molecule has 0 aliphatic heterocycles. The SMILES string of the molecule is CCNc1ccc(Cl)c(CN(CC)CCC#N)n1. The number of pyridine rings is 1. The van der Waals surface area contributed by atoms with Gasteiger partial charge in [-0.25, -0.2) is 4.98 Å². The number of halogens is 1. The quantitative estimate of drug-likeness (QED) is 0.825. The molecule has 0 saturated heterocycles. The molecule has 0 spiro atoms. The smallest absolute Gasteiger partial charge is 0.126 e. The van der Waals surface area contributed by atoms with Crippen LogP contribution in [0.2, 0.25) is 5.02 Å². The van der Waals surface area contributed by atoms with Crippen LogP contribution < -0.4 is 5.32 Å². The first-order valence-electron chi connectivity index (χ1n) is 6.19. The van der Waals surface area contributed by atoms with E-state index in [1.54, 1.807) is 0 Å². The van der Waals surface area contributed by atoms with E-state index >= 15 is 0 Å². The minimum Gasteiger partial charge on any atom is -0.370 e. The Morgan fingerprint density at radius 3 is 2.83 bits per heavy atom. The van der Waals surface area contributed by atoms with Crippen LogP contribution >= 0.6 is 11.6 Å². The van der Waals surface area contributed by atoms with Gasteiger partial charge in [0, 0.05) is 26.1 Å². The Labute approximate surface area is 114 Å². The van der Waals surface area contributed by atoms with Gasteiger partial charge in [-0.2, -0.15) is 5.26 Å². The molecule has 0 aromatic carbocycles. The number of nitrogens with one attached hydrogen (secondary N) is 1. The number of anilines is 1. The summed E-state index contributed by atoms with van der Waals surface area (Å²) >= 11 is 6.15. The topological polar surface area (TPSA) is 52.0 Å². The summed E-state index contributed by atoms with van der Waals surface area (Å²) in [6, 6.07) is 5.89. The van der Waals surface area contributed by atoms with Crippen molar-refractivity contribution in [2.24, 2.45) is 0 Å². The molecular formula is C13H19ClN4. The Morgan fingerprint density at radius 1 is 1.44 bits per heavy atom. The van der Waals surface area contributed by atoms with Crippen LogP contribution in [0.3, 0.4) is 0 Å². The zero-order chi connectivity index (χ0) is 13.4. The van der Waals surface area contributed by atoms with E-state index in [9.17, 15) is 0 Å². The number of nitrogens with zero attached hydrogens (tertiary/aromatic N) is 3. The molecule has 4 nitrogen and oxygen atoms in total. The highest BCUT2D eigenvalue weighted by Crippen LogP contribution is 2.18. The Kier molecular flexibility index (Phi) is 6.48. The second kappa shape index (κ2) is 7.91. The van der Waals surface area contributed by atoms with Crippen molar-refractivity contribution in [1.29, 1.82) is 5.26 Å². The predicted molar refractivity (Wildman–Crippen MR) is 74.6 cm³/mol. The van der Waals surface area contributed by atoms with Gasteiger partial charge in [0.2, 0.25) is 0 Å². The predicted octanol–water partition coefficient (Wildman–Crippen LogP) is 2.90. The third-order valence-corrected chi connectivity index (χ3v) is 2.98. The van der Waals surface area contributed by atoms with Crippen molar-refractivity contribution < 1.29 is 0 Å². The van der Waals surface area contributed by atoms with Gasteiger partial charge >= 0.3 is 0 Å². The molecule has 0 saturated carbocycles. The van der Waals surface area contributed by atoms with Crippen LogP contribution in [0.15, 0.2) is 12.1 Å². The molecule has 0 amide bonds. The zero-order valence-electron chi connectivity index (χ0n) is 10.9. The van der Waals surface area contributed by atoms with Gasteiger partial charge in [0.1, 0.15) is 5.82 Å². The summed E-state index contributed by atoms with van der Waals surface area (Å²) in [6.45, 7) is 7.23. The summed E-state index contributed by atoms with van der Waals surface area (Å²) in [5.74, 6) is 0.841. The standard InChI is InChI=1S/C13H19ClN4/c1-3-16-13-7-6-11(14)12(17-13)10-18(4-2)9-5-8-15/h6-7H,3-5,9-10H2,1-2H3,(H,16,17). The van der Waals surface area contributed by atoms with Gasteiger partial charge in [-0.1, -0.05) is 18.5 Å². The number of hydrogen-bond acceptors (Lipinski definition) is 4. The summed E-state index contributed by atoms with van der Waals surface area (Å²) in [7, 11) is 0. The van der Waals surface area contributed by atoms with Crippen LogP contribution in [0.4, 0.5) is 5.82 Å². The Hall–Kier alpha value is -1.31. The molecular weight excluding hydrogens is 248 g/mol. The number of hydrogen-bond donors (Lipinski definition) is 1. The van der Waals surface area contributed by atoms with E-state index in [4.69, 9.17) is 16.9 Å². The van der Waals surface area contributed by atoms with Crippen molar-refractivity contribution in [2.45, 2.75) is 26.8 Å². The van der Waals surface area contributed by atoms with Crippen LogP contribution in [-0.4, -0.2) is 29.5 Å². The first-order valence-corrected chi connectivity index (χ1v) is 6.57. The Morgan fingerprint density at radius 2 is 2.22 bits per heavy atom. The first kappa shape index (κ1) is 14.7. The highest BCUT2D eigenvalue weighted by Gasteiger charge is 2.09. The van der Waals surface area contributed by atoms with Gasteiger partial charge in [0.25, 0.3) is 0 Å². The third kappa shape index (κ3) is 4.52. The lowest BCUT2D eigenvalue weighted by Gasteiger charge is -2.19. The molecule has 1 N–H and O–H groups in total. The van der Waals surface area contributed by atoms with Gasteiger partial charge < -0.3 is 5.32 Å². The van der Waals surface area contributed by atoms with Crippen molar-refractivity contribution >= 4 is 17.4 Å². The van der Waals surface area contributed by atoms with E-state index < -0.39 is 0 Å². The molecule has 0 unspecified atom stereocenters. The summed E-state index contributed by atoms with van der Waals surface area (Å²) in [5.41, 5.74) is 0.856. The fraction of sp³-hybridized carbons (Fsp3) is 0.538. The van der Waals surface area contributed by atoms with Gasteiger partial charge in [0.05, 0.1) is 16.8 Å². The highest BCUT2D eigenvalue weighted by molar-refractivity contribution is 6.31. The summed E-state index contributed by atoms with van der Waals surface area (Å²) in [4.78, 5) is 6.65. The van der Waals surface area contributed by atoms with E-state index in [1.807, 2.05) is 19.1 Å². The lowest BCUT2D eigenvalue weighted by molar-refractivity contribution is 0.283. The average Bonchev–Trinajstić information content (AvgIpc) is 2.38. The molecule has 0 fully saturated rings. The van der Waals surface area contributed by atoms with Gasteiger partial charge in [0.15, 0.2) is 0 Å². The minimum absolute atomic E-state index is 0.526. The van der Waals surface area contributed by atoms with Crippen LogP contribution in [0, 0.1) is 11.3 Å². The van der Waals surface area contributed by atoms with E-state index in [2.05, 4.69) is 28.2 Å². The second-order valence-electron chi connectivity index (χ2n) is 3.93. The molecule has 0 bridgehead atoms. The molecule has 0 atom stereocenters. The second-order valence-corrected chi connectivity index (χ2v) is 4.34. The summed E-state index contributed by atoms with van der Waals surface area (Å²) in [5, 5.41) is 12.5. The van der Waals surface area contributed by atoms with E-state index in [0.717, 1.165) is 31.1 Å². The van der Waals surface area contributed by atoms with Crippen LogP contribution in [0.5, 0.6) is 0 Å². The van der Waals surface area contributed by atoms with Gasteiger partial charge in [-0.3, -0.25) is 4.90 Å². The number of aromatic nitrogens is 1. The summed E-state index contributed by atoms with van der Waals surface area (Å²) < 4.78 is 0. The van der Waals surface area contributed by atoms with E-state index in [0.29, 0.717) is 18.0 Å². The fourth-order valence-corrected chi connectivity index (χ4v) is 1.81. The molecule has 1 rings (SSSR count). The van der Waals surface area contributed by atoms with Crippen molar-refractivity contribution in [1.82, 2.24) is 9.88 Å². The Balaban J connectivity index is 2.74. The molecule has 0 aliphatic rings. The molecule has 5 heteroatoms. The zero-order valence-corrected chi connectivity index (χ0v) is 11.7. The lowest BCUT2D eigenvalue weighted by Crippen LogP contribution is -2.24.